The van der Waals surface area contributed by atoms with E-state index in [1.54, 1.807) is 31.2 Å². The number of carbonyl (C=O) groups excluding carboxylic acids is 1. The first-order valence-electron chi connectivity index (χ1n) is 7.94. The van der Waals surface area contributed by atoms with Gasteiger partial charge in [-0.3, -0.25) is 0 Å². The Hall–Kier alpha value is -1.26. The van der Waals surface area contributed by atoms with Crippen LogP contribution in [0.25, 0.3) is 0 Å². The van der Waals surface area contributed by atoms with Crippen LogP contribution in [0.2, 0.25) is 5.02 Å². The Kier molecular flexibility index (Phi) is 4.59. The van der Waals surface area contributed by atoms with E-state index in [4.69, 9.17) is 16.3 Å². The molecule has 1 aromatic rings. The predicted molar refractivity (Wildman–Crippen MR) is 84.7 cm³/mol. The zero-order valence-corrected chi connectivity index (χ0v) is 13.4. The molecule has 1 amide bonds. The van der Waals surface area contributed by atoms with E-state index in [1.807, 2.05) is 0 Å². The summed E-state index contributed by atoms with van der Waals surface area (Å²) in [5.74, 6) is 1.36. The zero-order chi connectivity index (χ0) is 15.7. The Morgan fingerprint density at radius 2 is 2.14 bits per heavy atom. The van der Waals surface area contributed by atoms with E-state index in [0.29, 0.717) is 16.5 Å². The average Bonchev–Trinajstić information content (AvgIpc) is 3.09. The lowest BCUT2D eigenvalue weighted by molar-refractivity contribution is 0.0100. The molecular formula is C17H22ClNO3. The number of rotatable bonds is 4. The fourth-order valence-corrected chi connectivity index (χ4v) is 4.06. The quantitative estimate of drug-likeness (QED) is 0.888. The highest BCUT2D eigenvalue weighted by molar-refractivity contribution is 6.31. The maximum Gasteiger partial charge on any atom is 0.407 e. The average molecular weight is 324 g/mol. The number of halogens is 1. The number of aliphatic hydroxyl groups is 1. The van der Waals surface area contributed by atoms with Gasteiger partial charge in [-0.2, -0.15) is 0 Å². The molecule has 4 nitrogen and oxygen atoms in total. The van der Waals surface area contributed by atoms with Crippen molar-refractivity contribution in [2.75, 3.05) is 0 Å². The number of nitrogens with one attached hydrogen (secondary N) is 1. The van der Waals surface area contributed by atoms with Gasteiger partial charge in [-0.1, -0.05) is 36.2 Å². The van der Waals surface area contributed by atoms with Gasteiger partial charge in [0.15, 0.2) is 0 Å². The van der Waals surface area contributed by atoms with Gasteiger partial charge in [0.1, 0.15) is 12.2 Å². The molecule has 5 heteroatoms. The Morgan fingerprint density at radius 3 is 2.77 bits per heavy atom. The summed E-state index contributed by atoms with van der Waals surface area (Å²) in [4.78, 5) is 12.0. The number of carbonyl (C=O) groups is 1. The second-order valence-electron chi connectivity index (χ2n) is 6.50. The third kappa shape index (κ3) is 3.23. The zero-order valence-electron chi connectivity index (χ0n) is 12.7. The van der Waals surface area contributed by atoms with E-state index < -0.39 is 18.3 Å². The van der Waals surface area contributed by atoms with Gasteiger partial charge in [-0.15, -0.1) is 0 Å². The van der Waals surface area contributed by atoms with Gasteiger partial charge in [-0.05, 0) is 44.1 Å². The van der Waals surface area contributed by atoms with Crippen LogP contribution in [0.15, 0.2) is 24.3 Å². The van der Waals surface area contributed by atoms with Crippen molar-refractivity contribution in [2.24, 2.45) is 11.8 Å². The predicted octanol–water partition coefficient (Wildman–Crippen LogP) is 3.68. The largest absolute Gasteiger partial charge is 0.443 e. The van der Waals surface area contributed by atoms with E-state index >= 15 is 0 Å². The summed E-state index contributed by atoms with van der Waals surface area (Å²) in [5.41, 5.74) is 0.574. The number of amides is 1. The molecule has 5 atom stereocenters. The minimum Gasteiger partial charge on any atom is -0.443 e. The molecule has 2 bridgehead atoms. The van der Waals surface area contributed by atoms with E-state index in [1.165, 1.54) is 19.3 Å². The maximum atomic E-state index is 12.0. The molecule has 120 valence electrons. The monoisotopic (exact) mass is 323 g/mol. The standard InChI is InChI=1S/C17H22ClNO3/c1-10(16(20)13-4-2-3-5-14(13)18)22-17(21)19-15-9-11-6-7-12(15)8-11/h2-5,10-12,15-16,20H,6-9H2,1H3,(H,19,21)/t10-,11?,12?,15?,16+/m1/s1. The Labute approximate surface area is 135 Å². The highest BCUT2D eigenvalue weighted by Crippen LogP contribution is 2.44. The summed E-state index contributed by atoms with van der Waals surface area (Å²) in [6.45, 7) is 1.67. The van der Waals surface area contributed by atoms with Crippen LogP contribution in [0, 0.1) is 11.8 Å². The lowest BCUT2D eigenvalue weighted by Crippen LogP contribution is -2.40. The van der Waals surface area contributed by atoms with Crippen molar-refractivity contribution in [3.63, 3.8) is 0 Å². The molecule has 0 saturated heterocycles. The molecule has 3 rings (SSSR count). The van der Waals surface area contributed by atoms with Gasteiger partial charge < -0.3 is 15.2 Å². The van der Waals surface area contributed by atoms with Gasteiger partial charge in [0.2, 0.25) is 0 Å². The van der Waals surface area contributed by atoms with Crippen molar-refractivity contribution < 1.29 is 14.6 Å². The van der Waals surface area contributed by atoms with Gasteiger partial charge in [0.05, 0.1) is 0 Å². The fourth-order valence-electron chi connectivity index (χ4n) is 3.81. The fraction of sp³-hybridized carbons (Fsp3) is 0.588. The highest BCUT2D eigenvalue weighted by atomic mass is 35.5. The summed E-state index contributed by atoms with van der Waals surface area (Å²) >= 11 is 6.06. The van der Waals surface area contributed by atoms with Gasteiger partial charge in [0.25, 0.3) is 0 Å². The number of fused-ring (bicyclic) bond motifs is 2. The van der Waals surface area contributed by atoms with Gasteiger partial charge in [0, 0.05) is 16.6 Å². The van der Waals surface area contributed by atoms with Crippen LogP contribution in [-0.2, 0) is 4.74 Å². The van der Waals surface area contributed by atoms with Crippen molar-refractivity contribution >= 4 is 17.7 Å². The molecule has 2 N–H and O–H groups in total. The smallest absolute Gasteiger partial charge is 0.407 e. The van der Waals surface area contributed by atoms with E-state index in [2.05, 4.69) is 5.32 Å². The summed E-state index contributed by atoms with van der Waals surface area (Å²) in [6, 6.07) is 7.28. The molecule has 0 radical (unpaired) electrons. The second-order valence-corrected chi connectivity index (χ2v) is 6.91. The first kappa shape index (κ1) is 15.6. The molecule has 0 heterocycles. The number of aliphatic hydroxyl groups excluding tert-OH is 1. The van der Waals surface area contributed by atoms with Crippen LogP contribution in [0.3, 0.4) is 0 Å². The highest BCUT2D eigenvalue weighted by Gasteiger charge is 2.40. The third-order valence-corrected chi connectivity index (χ3v) is 5.35. The Balaban J connectivity index is 1.53. The Bertz CT molecular complexity index is 550. The van der Waals surface area contributed by atoms with Crippen LogP contribution < -0.4 is 5.32 Å². The van der Waals surface area contributed by atoms with Crippen LogP contribution in [0.5, 0.6) is 0 Å². The third-order valence-electron chi connectivity index (χ3n) is 5.00. The van der Waals surface area contributed by atoms with E-state index in [0.717, 1.165) is 12.3 Å². The van der Waals surface area contributed by atoms with Crippen LogP contribution in [0.4, 0.5) is 4.79 Å². The molecule has 0 aliphatic heterocycles. The first-order valence-corrected chi connectivity index (χ1v) is 8.32. The number of hydrogen-bond donors (Lipinski definition) is 2. The molecule has 2 aliphatic rings. The Morgan fingerprint density at radius 1 is 1.36 bits per heavy atom. The minimum atomic E-state index is -0.931. The lowest BCUT2D eigenvalue weighted by Gasteiger charge is -2.25. The van der Waals surface area contributed by atoms with E-state index in [9.17, 15) is 9.90 Å². The first-order chi connectivity index (χ1) is 10.5. The van der Waals surface area contributed by atoms with Crippen molar-refractivity contribution in [2.45, 2.75) is 50.9 Å². The number of benzene rings is 1. The van der Waals surface area contributed by atoms with Crippen LogP contribution >= 0.6 is 11.6 Å². The molecular weight excluding hydrogens is 302 g/mol. The number of alkyl carbamates (subject to hydrolysis) is 1. The van der Waals surface area contributed by atoms with Crippen molar-refractivity contribution in [3.05, 3.63) is 34.9 Å². The SMILES string of the molecule is C[C@@H](OC(=O)NC1CC2CCC1C2)[C@H](O)c1ccccc1Cl. The topological polar surface area (TPSA) is 58.6 Å². The van der Waals surface area contributed by atoms with Crippen molar-refractivity contribution in [1.29, 1.82) is 0 Å². The summed E-state index contributed by atoms with van der Waals surface area (Å²) in [6.07, 6.45) is 2.74. The van der Waals surface area contributed by atoms with Crippen LogP contribution in [-0.4, -0.2) is 23.3 Å². The van der Waals surface area contributed by atoms with Gasteiger partial charge >= 0.3 is 6.09 Å². The number of ether oxygens (including phenoxy) is 1. The van der Waals surface area contributed by atoms with Crippen molar-refractivity contribution in [3.8, 4) is 0 Å². The molecule has 1 aromatic carbocycles. The minimum absolute atomic E-state index is 0.232. The second kappa shape index (κ2) is 6.47. The molecule has 3 unspecified atom stereocenters. The molecule has 0 spiro atoms. The number of hydrogen-bond acceptors (Lipinski definition) is 3. The molecule has 2 aliphatic carbocycles. The normalized spacial score (nSPS) is 29.1. The lowest BCUT2D eigenvalue weighted by atomic mass is 9.96. The molecule has 2 saturated carbocycles. The summed E-state index contributed by atoms with van der Waals surface area (Å²) < 4.78 is 5.33. The maximum absolute atomic E-state index is 12.0. The van der Waals surface area contributed by atoms with Gasteiger partial charge in [-0.25, -0.2) is 4.79 Å². The summed E-state index contributed by atoms with van der Waals surface area (Å²) in [5, 5.41) is 13.7. The summed E-state index contributed by atoms with van der Waals surface area (Å²) in [7, 11) is 0. The van der Waals surface area contributed by atoms with Crippen molar-refractivity contribution in [1.82, 2.24) is 5.32 Å². The van der Waals surface area contributed by atoms with Crippen LogP contribution in [0.1, 0.15) is 44.3 Å². The molecule has 22 heavy (non-hydrogen) atoms. The molecule has 0 aromatic heterocycles. The van der Waals surface area contributed by atoms with E-state index in [-0.39, 0.29) is 6.04 Å². The molecule has 2 fully saturated rings.